The van der Waals surface area contributed by atoms with Gasteiger partial charge in [-0.15, -0.1) is 21.5 Å². The second-order valence-electron chi connectivity index (χ2n) is 7.73. The summed E-state index contributed by atoms with van der Waals surface area (Å²) in [6, 6.07) is 3.22. The number of hydrogen-bond acceptors (Lipinski definition) is 8. The molecule has 0 amide bonds. The Hall–Kier alpha value is -2.59. The molecule has 0 saturated heterocycles. The van der Waals surface area contributed by atoms with Gasteiger partial charge < -0.3 is 10.2 Å². The Kier molecular flexibility index (Phi) is 4.39. The third-order valence-electron chi connectivity index (χ3n) is 5.23. The number of rotatable bonds is 3. The molecular formula is C19H20FN5O2S2. The van der Waals surface area contributed by atoms with E-state index in [1.54, 1.807) is 39.2 Å². The van der Waals surface area contributed by atoms with E-state index in [0.717, 1.165) is 0 Å². The number of aromatic nitrogens is 3. The van der Waals surface area contributed by atoms with E-state index in [1.165, 1.54) is 23.8 Å². The van der Waals surface area contributed by atoms with Gasteiger partial charge in [0.25, 0.3) is 0 Å². The van der Waals surface area contributed by atoms with Crippen LogP contribution in [0.25, 0.3) is 21.9 Å². The number of halogens is 1. The molecule has 1 unspecified atom stereocenters. The first-order chi connectivity index (χ1) is 13.5. The van der Waals surface area contributed by atoms with Gasteiger partial charge in [-0.05, 0) is 48.3 Å². The van der Waals surface area contributed by atoms with Gasteiger partial charge in [0, 0.05) is 28.6 Å². The maximum Gasteiger partial charge on any atom is 0.249 e. The fraction of sp³-hybridized carbons (Fsp3) is 0.316. The van der Waals surface area contributed by atoms with E-state index >= 15 is 0 Å². The number of hydrogen-bond donors (Lipinski definition) is 1. The van der Waals surface area contributed by atoms with Crippen LogP contribution in [0.5, 0.6) is 0 Å². The molecule has 2 N–H and O–H groups in total. The predicted octanol–water partition coefficient (Wildman–Crippen LogP) is 3.08. The summed E-state index contributed by atoms with van der Waals surface area (Å²) in [6.45, 7) is 5.25. The standard InChI is InChI=1S/C19H20FN5O2S2/c1-18(2)17(21)24-19(3,9-29(18,4)26)15-13(20)6-14(28-15)11-5-12(8-22-7-11)16-25-23-10-27-16/h5-8,10H,4,9H2,1-3H3,(H2,21,24)/t19-,29?/m0/s1. The van der Waals surface area contributed by atoms with Crippen molar-refractivity contribution in [2.45, 2.75) is 31.1 Å². The molecule has 10 heteroatoms. The maximum atomic E-state index is 15.0. The molecule has 0 aliphatic carbocycles. The zero-order valence-electron chi connectivity index (χ0n) is 16.2. The molecule has 2 atom stereocenters. The van der Waals surface area contributed by atoms with Gasteiger partial charge in [0.05, 0.1) is 15.2 Å². The van der Waals surface area contributed by atoms with Crippen LogP contribution in [0, 0.1) is 5.82 Å². The molecule has 1 aliphatic heterocycles. The normalized spacial score (nSPS) is 26.3. The van der Waals surface area contributed by atoms with Gasteiger partial charge in [-0.25, -0.2) is 4.39 Å². The second-order valence-corrected chi connectivity index (χ2v) is 11.7. The Morgan fingerprint density at radius 3 is 2.66 bits per heavy atom. The third-order valence-corrected chi connectivity index (χ3v) is 9.74. The van der Waals surface area contributed by atoms with Crippen molar-refractivity contribution in [2.75, 3.05) is 5.75 Å². The molecule has 0 spiro atoms. The van der Waals surface area contributed by atoms with E-state index in [4.69, 9.17) is 10.2 Å². The monoisotopic (exact) mass is 433 g/mol. The van der Waals surface area contributed by atoms with Crippen molar-refractivity contribution in [1.29, 1.82) is 0 Å². The molecule has 4 rings (SSSR count). The first kappa shape index (κ1) is 19.7. The van der Waals surface area contributed by atoms with Gasteiger partial charge in [0.15, 0.2) is 0 Å². The lowest BCUT2D eigenvalue weighted by Gasteiger charge is -2.40. The summed E-state index contributed by atoms with van der Waals surface area (Å²) < 4.78 is 32.6. The van der Waals surface area contributed by atoms with Crippen molar-refractivity contribution >= 4 is 32.6 Å². The Bertz CT molecular complexity index is 1220. The zero-order valence-corrected chi connectivity index (χ0v) is 17.8. The van der Waals surface area contributed by atoms with Crippen molar-refractivity contribution < 1.29 is 13.0 Å². The molecule has 3 aromatic rings. The minimum absolute atomic E-state index is 0.116. The summed E-state index contributed by atoms with van der Waals surface area (Å²) in [5, 5.41) is 7.53. The SMILES string of the molecule is C=S1(=O)C[C@@](C)(c2sc(-c3cncc(-c4nnco4)c3)cc2F)N=C(N)C1(C)C. The zero-order chi connectivity index (χ0) is 21.0. The van der Waals surface area contributed by atoms with Crippen LogP contribution in [0.15, 0.2) is 40.3 Å². The van der Waals surface area contributed by atoms with Gasteiger partial charge in [0.2, 0.25) is 12.3 Å². The molecule has 29 heavy (non-hydrogen) atoms. The molecule has 4 heterocycles. The first-order valence-corrected chi connectivity index (χ1v) is 11.5. The summed E-state index contributed by atoms with van der Waals surface area (Å²) in [6.07, 6.45) is 4.45. The van der Waals surface area contributed by atoms with Gasteiger partial charge in [-0.1, -0.05) is 0 Å². The van der Waals surface area contributed by atoms with Crippen LogP contribution in [0.2, 0.25) is 0 Å². The highest BCUT2D eigenvalue weighted by atomic mass is 32.2. The van der Waals surface area contributed by atoms with Gasteiger partial charge >= 0.3 is 0 Å². The van der Waals surface area contributed by atoms with E-state index in [0.29, 0.717) is 26.8 Å². The predicted molar refractivity (Wildman–Crippen MR) is 114 cm³/mol. The molecule has 0 radical (unpaired) electrons. The van der Waals surface area contributed by atoms with E-state index < -0.39 is 25.6 Å². The Morgan fingerprint density at radius 2 is 2.00 bits per heavy atom. The molecule has 0 fully saturated rings. The number of thiophene rings is 1. The summed E-state index contributed by atoms with van der Waals surface area (Å²) in [5.41, 5.74) is 6.40. The number of nitrogens with zero attached hydrogens (tertiary/aromatic N) is 4. The summed E-state index contributed by atoms with van der Waals surface area (Å²) >= 11 is 1.23. The van der Waals surface area contributed by atoms with E-state index in [2.05, 4.69) is 26.0 Å². The van der Waals surface area contributed by atoms with Crippen LogP contribution < -0.4 is 5.73 Å². The molecule has 1 aliphatic rings. The third kappa shape index (κ3) is 3.16. The minimum Gasteiger partial charge on any atom is -0.423 e. The average molecular weight is 434 g/mol. The number of amidine groups is 1. The van der Waals surface area contributed by atoms with E-state index in [1.807, 2.05) is 0 Å². The van der Waals surface area contributed by atoms with Crippen LogP contribution in [0.4, 0.5) is 4.39 Å². The summed E-state index contributed by atoms with van der Waals surface area (Å²) in [4.78, 5) is 9.77. The van der Waals surface area contributed by atoms with Crippen LogP contribution >= 0.6 is 11.3 Å². The van der Waals surface area contributed by atoms with Crippen molar-refractivity contribution in [3.05, 3.63) is 41.6 Å². The quantitative estimate of drug-likeness (QED) is 0.636. The van der Waals surface area contributed by atoms with Gasteiger partial charge in [-0.2, -0.15) is 0 Å². The maximum absolute atomic E-state index is 15.0. The average Bonchev–Trinajstić information content (AvgIpc) is 3.30. The molecule has 152 valence electrons. The van der Waals surface area contributed by atoms with E-state index in [-0.39, 0.29) is 11.6 Å². The van der Waals surface area contributed by atoms with E-state index in [9.17, 15) is 8.60 Å². The van der Waals surface area contributed by atoms with Crippen LogP contribution in [0.1, 0.15) is 25.6 Å². The number of pyridine rings is 1. The number of aliphatic imine (C=N–C) groups is 1. The van der Waals surface area contributed by atoms with Crippen molar-refractivity contribution in [2.24, 2.45) is 10.7 Å². The van der Waals surface area contributed by atoms with Crippen molar-refractivity contribution in [3.8, 4) is 21.9 Å². The van der Waals surface area contributed by atoms with Crippen LogP contribution in [0.3, 0.4) is 0 Å². The molecule has 0 aromatic carbocycles. The fourth-order valence-corrected chi connectivity index (χ4v) is 6.34. The minimum atomic E-state index is -2.63. The molecule has 3 aromatic heterocycles. The molecule has 0 bridgehead atoms. The number of nitrogens with two attached hydrogens (primary N) is 1. The van der Waals surface area contributed by atoms with Crippen molar-refractivity contribution in [3.63, 3.8) is 0 Å². The largest absolute Gasteiger partial charge is 0.423 e. The molecule has 7 nitrogen and oxygen atoms in total. The highest BCUT2D eigenvalue weighted by Gasteiger charge is 2.46. The van der Waals surface area contributed by atoms with Crippen LogP contribution in [-0.4, -0.2) is 41.6 Å². The van der Waals surface area contributed by atoms with Crippen molar-refractivity contribution in [1.82, 2.24) is 15.2 Å². The van der Waals surface area contributed by atoms with Crippen LogP contribution in [-0.2, 0) is 15.1 Å². The Labute approximate surface area is 171 Å². The molecule has 0 saturated carbocycles. The Balaban J connectivity index is 1.78. The lowest BCUT2D eigenvalue weighted by molar-refractivity contribution is 0.506. The fourth-order valence-electron chi connectivity index (χ4n) is 3.24. The lowest BCUT2D eigenvalue weighted by Crippen LogP contribution is -2.54. The topological polar surface area (TPSA) is 107 Å². The summed E-state index contributed by atoms with van der Waals surface area (Å²) in [5.74, 6) is 4.14. The summed E-state index contributed by atoms with van der Waals surface area (Å²) in [7, 11) is -2.63. The highest BCUT2D eigenvalue weighted by Crippen LogP contribution is 2.43. The second kappa shape index (κ2) is 6.46. The lowest BCUT2D eigenvalue weighted by atomic mass is 10.0. The van der Waals surface area contributed by atoms with Gasteiger partial charge in [0.1, 0.15) is 17.2 Å². The van der Waals surface area contributed by atoms with Gasteiger partial charge in [-0.3, -0.25) is 14.2 Å². The molecular weight excluding hydrogens is 413 g/mol. The smallest absolute Gasteiger partial charge is 0.249 e. The Morgan fingerprint density at radius 1 is 1.28 bits per heavy atom. The first-order valence-electron chi connectivity index (χ1n) is 8.75. The highest BCUT2D eigenvalue weighted by molar-refractivity contribution is 8.02.